The highest BCUT2D eigenvalue weighted by Crippen LogP contribution is 2.38. The summed E-state index contributed by atoms with van der Waals surface area (Å²) in [5.41, 5.74) is 0.355. The van der Waals surface area contributed by atoms with Gasteiger partial charge in [-0.3, -0.25) is 0 Å². The van der Waals surface area contributed by atoms with Crippen LogP contribution in [0, 0.1) is 5.41 Å². The van der Waals surface area contributed by atoms with E-state index in [1.165, 1.54) is 19.3 Å². The Labute approximate surface area is 115 Å². The number of hydrogen-bond acceptors (Lipinski definition) is 5. The van der Waals surface area contributed by atoms with Crippen LogP contribution >= 0.6 is 0 Å². The van der Waals surface area contributed by atoms with E-state index in [0.717, 1.165) is 0 Å². The van der Waals surface area contributed by atoms with Crippen molar-refractivity contribution in [2.45, 2.75) is 72.0 Å². The maximum atomic E-state index is 5.64. The first kappa shape index (κ1) is 14.3. The minimum Gasteiger partial charge on any atom is -0.407 e. The number of nitrogens with one attached hydrogen (secondary N) is 2. The Morgan fingerprint density at radius 3 is 2.63 bits per heavy atom. The van der Waals surface area contributed by atoms with E-state index in [9.17, 15) is 0 Å². The molecule has 2 N–H and O–H groups in total. The largest absolute Gasteiger partial charge is 0.407 e. The van der Waals surface area contributed by atoms with Crippen LogP contribution in [-0.4, -0.2) is 21.8 Å². The second-order valence-electron chi connectivity index (χ2n) is 7.18. The van der Waals surface area contributed by atoms with Crippen LogP contribution in [0.25, 0.3) is 0 Å². The molecule has 1 saturated carbocycles. The Kier molecular flexibility index (Phi) is 3.85. The van der Waals surface area contributed by atoms with Crippen molar-refractivity contribution >= 4 is 6.01 Å². The third-order valence-corrected chi connectivity index (χ3v) is 3.79. The van der Waals surface area contributed by atoms with Crippen LogP contribution in [0.2, 0.25) is 0 Å². The van der Waals surface area contributed by atoms with Crippen molar-refractivity contribution in [3.8, 4) is 0 Å². The Morgan fingerprint density at radius 2 is 2.05 bits per heavy atom. The molecule has 0 radical (unpaired) electrons. The summed E-state index contributed by atoms with van der Waals surface area (Å²) in [6.07, 6.45) is 3.68. The van der Waals surface area contributed by atoms with E-state index in [0.29, 0.717) is 29.9 Å². The summed E-state index contributed by atoms with van der Waals surface area (Å²) in [6.45, 7) is 11.5. The van der Waals surface area contributed by atoms with Crippen molar-refractivity contribution in [3.63, 3.8) is 0 Å². The molecule has 0 amide bonds. The van der Waals surface area contributed by atoms with Crippen molar-refractivity contribution in [2.75, 3.05) is 5.32 Å². The minimum atomic E-state index is 0.0511. The topological polar surface area (TPSA) is 63.0 Å². The van der Waals surface area contributed by atoms with Gasteiger partial charge >= 0.3 is 6.01 Å². The van der Waals surface area contributed by atoms with Gasteiger partial charge < -0.3 is 15.1 Å². The molecule has 5 nitrogen and oxygen atoms in total. The fourth-order valence-electron chi connectivity index (χ4n) is 2.47. The SMILES string of the molecule is CC(C)(C)NCc1nnc(NC2CCCC2(C)C)o1. The average molecular weight is 266 g/mol. The Morgan fingerprint density at radius 1 is 1.32 bits per heavy atom. The van der Waals surface area contributed by atoms with Gasteiger partial charge in [-0.25, -0.2) is 0 Å². The molecule has 1 fully saturated rings. The molecule has 1 aliphatic rings. The van der Waals surface area contributed by atoms with Gasteiger partial charge in [-0.05, 0) is 39.0 Å². The normalized spacial score (nSPS) is 22.7. The van der Waals surface area contributed by atoms with Gasteiger partial charge in [-0.2, -0.15) is 0 Å². The number of rotatable bonds is 4. The summed E-state index contributed by atoms with van der Waals surface area (Å²) in [7, 11) is 0. The molecule has 0 aromatic carbocycles. The summed E-state index contributed by atoms with van der Waals surface area (Å²) in [5, 5.41) is 14.9. The van der Waals surface area contributed by atoms with Crippen LogP contribution in [0.1, 0.15) is 59.8 Å². The summed E-state index contributed by atoms with van der Waals surface area (Å²) >= 11 is 0. The molecular formula is C14H26N4O. The van der Waals surface area contributed by atoms with Gasteiger partial charge in [0.2, 0.25) is 5.89 Å². The zero-order valence-corrected chi connectivity index (χ0v) is 12.7. The maximum absolute atomic E-state index is 5.64. The first-order valence-electron chi connectivity index (χ1n) is 7.10. The lowest BCUT2D eigenvalue weighted by Gasteiger charge is -2.26. The summed E-state index contributed by atoms with van der Waals surface area (Å²) in [5.74, 6) is 0.633. The molecule has 108 valence electrons. The fourth-order valence-corrected chi connectivity index (χ4v) is 2.47. The zero-order chi connectivity index (χ0) is 14.1. The van der Waals surface area contributed by atoms with Crippen LogP contribution in [0.4, 0.5) is 6.01 Å². The highest BCUT2D eigenvalue weighted by molar-refractivity contribution is 5.22. The molecule has 1 aromatic rings. The molecule has 2 rings (SSSR count). The quantitative estimate of drug-likeness (QED) is 0.877. The van der Waals surface area contributed by atoms with Crippen LogP contribution in [-0.2, 0) is 6.54 Å². The first-order valence-corrected chi connectivity index (χ1v) is 7.10. The summed E-state index contributed by atoms with van der Waals surface area (Å²) in [4.78, 5) is 0. The molecule has 0 spiro atoms. The van der Waals surface area contributed by atoms with E-state index >= 15 is 0 Å². The lowest BCUT2D eigenvalue weighted by Crippen LogP contribution is -2.35. The predicted octanol–water partition coefficient (Wildman–Crippen LogP) is 2.95. The Balaban J connectivity index is 1.91. The molecule has 1 unspecified atom stereocenters. The van der Waals surface area contributed by atoms with E-state index < -0.39 is 0 Å². The van der Waals surface area contributed by atoms with Crippen LogP contribution in [0.15, 0.2) is 4.42 Å². The van der Waals surface area contributed by atoms with Crippen molar-refractivity contribution in [1.82, 2.24) is 15.5 Å². The summed E-state index contributed by atoms with van der Waals surface area (Å²) < 4.78 is 5.64. The molecular weight excluding hydrogens is 240 g/mol. The van der Waals surface area contributed by atoms with Gasteiger partial charge in [-0.15, -0.1) is 5.10 Å². The number of hydrogen-bond donors (Lipinski definition) is 2. The van der Waals surface area contributed by atoms with Crippen molar-refractivity contribution in [1.29, 1.82) is 0 Å². The molecule has 19 heavy (non-hydrogen) atoms. The van der Waals surface area contributed by atoms with Gasteiger partial charge in [0.15, 0.2) is 0 Å². The molecule has 1 heterocycles. The fraction of sp³-hybridized carbons (Fsp3) is 0.857. The first-order chi connectivity index (χ1) is 8.76. The molecule has 0 aliphatic heterocycles. The van der Waals surface area contributed by atoms with Gasteiger partial charge in [0.1, 0.15) is 0 Å². The van der Waals surface area contributed by atoms with E-state index in [-0.39, 0.29) is 5.54 Å². The zero-order valence-electron chi connectivity index (χ0n) is 12.7. The van der Waals surface area contributed by atoms with E-state index in [2.05, 4.69) is 55.4 Å². The number of nitrogens with zero attached hydrogens (tertiary/aromatic N) is 2. The second-order valence-corrected chi connectivity index (χ2v) is 7.18. The van der Waals surface area contributed by atoms with Crippen molar-refractivity contribution < 1.29 is 4.42 Å². The lowest BCUT2D eigenvalue weighted by molar-refractivity contribution is 0.340. The third kappa shape index (κ3) is 3.93. The van der Waals surface area contributed by atoms with E-state index in [4.69, 9.17) is 4.42 Å². The monoisotopic (exact) mass is 266 g/mol. The standard InChI is InChI=1S/C14H26N4O/c1-13(2,3)15-9-11-17-18-12(19-11)16-10-7-6-8-14(10,4)5/h10,15H,6-9H2,1-5H3,(H,16,18). The number of aromatic nitrogens is 2. The van der Waals surface area contributed by atoms with Crippen LogP contribution in [0.5, 0.6) is 0 Å². The van der Waals surface area contributed by atoms with Crippen LogP contribution < -0.4 is 10.6 Å². The average Bonchev–Trinajstić information content (AvgIpc) is 2.83. The molecule has 1 atom stereocenters. The van der Waals surface area contributed by atoms with Gasteiger partial charge in [0.05, 0.1) is 6.54 Å². The maximum Gasteiger partial charge on any atom is 0.315 e. The molecule has 5 heteroatoms. The van der Waals surface area contributed by atoms with E-state index in [1.54, 1.807) is 0 Å². The van der Waals surface area contributed by atoms with Crippen LogP contribution in [0.3, 0.4) is 0 Å². The summed E-state index contributed by atoms with van der Waals surface area (Å²) in [6, 6.07) is 0.974. The minimum absolute atomic E-state index is 0.0511. The second kappa shape index (κ2) is 5.12. The van der Waals surface area contributed by atoms with Crippen molar-refractivity contribution in [2.24, 2.45) is 5.41 Å². The lowest BCUT2D eigenvalue weighted by atomic mass is 9.87. The van der Waals surface area contributed by atoms with Crippen molar-refractivity contribution in [3.05, 3.63) is 5.89 Å². The Bertz CT molecular complexity index is 419. The molecule has 1 aliphatic carbocycles. The molecule has 1 aromatic heterocycles. The third-order valence-electron chi connectivity index (χ3n) is 3.79. The number of anilines is 1. The molecule has 0 bridgehead atoms. The Hall–Kier alpha value is -1.10. The highest BCUT2D eigenvalue weighted by atomic mass is 16.4. The van der Waals surface area contributed by atoms with Gasteiger partial charge in [0.25, 0.3) is 0 Å². The molecule has 0 saturated heterocycles. The smallest absolute Gasteiger partial charge is 0.315 e. The predicted molar refractivity (Wildman–Crippen MR) is 75.9 cm³/mol. The van der Waals surface area contributed by atoms with Gasteiger partial charge in [-0.1, -0.05) is 25.4 Å². The van der Waals surface area contributed by atoms with Gasteiger partial charge in [0, 0.05) is 11.6 Å². The highest BCUT2D eigenvalue weighted by Gasteiger charge is 2.35. The van der Waals surface area contributed by atoms with E-state index in [1.807, 2.05) is 0 Å².